The predicted octanol–water partition coefficient (Wildman–Crippen LogP) is 3.65. The SMILES string of the molecule is O=C(O)CCC/C=C\C[C@@H]1[C@@H](/C=C/[C@@H](O)COC2=CC(C(F)(F)F)=CCC2)[C@H](O)C[C@@H]1O. The molecule has 0 heterocycles. The van der Waals surface area contributed by atoms with Crippen LogP contribution in [-0.4, -0.2) is 57.5 Å². The summed E-state index contributed by atoms with van der Waals surface area (Å²) in [6.07, 6.45) is 4.26. The van der Waals surface area contributed by atoms with Crippen molar-refractivity contribution in [2.45, 2.75) is 69.4 Å². The van der Waals surface area contributed by atoms with E-state index in [2.05, 4.69) is 0 Å². The Kier molecular flexibility index (Phi) is 9.99. The van der Waals surface area contributed by atoms with Crippen LogP contribution in [0.25, 0.3) is 0 Å². The summed E-state index contributed by atoms with van der Waals surface area (Å²) in [6, 6.07) is 0. The number of aliphatic hydroxyl groups excluding tert-OH is 3. The fraction of sp³-hybridized carbons (Fsp3) is 0.609. The van der Waals surface area contributed by atoms with E-state index in [9.17, 15) is 33.3 Å². The predicted molar refractivity (Wildman–Crippen MR) is 111 cm³/mol. The molecule has 9 heteroatoms. The number of unbranched alkanes of at least 4 members (excludes halogenated alkanes) is 1. The summed E-state index contributed by atoms with van der Waals surface area (Å²) in [5.41, 5.74) is -0.759. The fourth-order valence-electron chi connectivity index (χ4n) is 3.94. The van der Waals surface area contributed by atoms with E-state index in [1.165, 1.54) is 6.08 Å². The number of aliphatic carboxylic acids is 1. The van der Waals surface area contributed by atoms with Crippen LogP contribution in [0.1, 0.15) is 44.9 Å². The fourth-order valence-corrected chi connectivity index (χ4v) is 3.94. The topological polar surface area (TPSA) is 107 Å². The van der Waals surface area contributed by atoms with Crippen LogP contribution in [0.2, 0.25) is 0 Å². The Morgan fingerprint density at radius 3 is 2.69 bits per heavy atom. The number of hydrogen-bond acceptors (Lipinski definition) is 5. The first-order chi connectivity index (χ1) is 15.1. The molecule has 0 radical (unpaired) electrons. The van der Waals surface area contributed by atoms with Gasteiger partial charge in [0.1, 0.15) is 12.7 Å². The number of hydrogen-bond donors (Lipinski definition) is 4. The van der Waals surface area contributed by atoms with Gasteiger partial charge in [-0.05, 0) is 37.7 Å². The Bertz CT molecular complexity index is 741. The molecular weight excluding hydrogens is 429 g/mol. The molecule has 0 saturated heterocycles. The van der Waals surface area contributed by atoms with Crippen LogP contribution in [0.4, 0.5) is 13.2 Å². The first kappa shape index (κ1) is 26.2. The first-order valence-electron chi connectivity index (χ1n) is 10.8. The number of ether oxygens (including phenoxy) is 1. The van der Waals surface area contributed by atoms with E-state index in [1.807, 2.05) is 12.2 Å². The number of aliphatic hydroxyl groups is 3. The third-order valence-electron chi connectivity index (χ3n) is 5.65. The molecule has 0 amide bonds. The van der Waals surface area contributed by atoms with Gasteiger partial charge in [-0.25, -0.2) is 0 Å². The Hall–Kier alpha value is -2.10. The molecule has 0 unspecified atom stereocenters. The molecule has 32 heavy (non-hydrogen) atoms. The second-order valence-corrected chi connectivity index (χ2v) is 8.17. The van der Waals surface area contributed by atoms with Gasteiger partial charge in [0.05, 0.1) is 23.5 Å². The van der Waals surface area contributed by atoms with Crippen molar-refractivity contribution in [3.05, 3.63) is 47.8 Å². The molecule has 4 N–H and O–H groups in total. The van der Waals surface area contributed by atoms with E-state index >= 15 is 0 Å². The van der Waals surface area contributed by atoms with Crippen LogP contribution in [0.15, 0.2) is 47.8 Å². The molecule has 5 atom stereocenters. The van der Waals surface area contributed by atoms with Crippen molar-refractivity contribution >= 4 is 5.97 Å². The molecule has 2 aliphatic rings. The van der Waals surface area contributed by atoms with Gasteiger partial charge in [0.25, 0.3) is 0 Å². The average Bonchev–Trinajstić information content (AvgIpc) is 2.99. The number of carbonyl (C=O) groups is 1. The highest BCUT2D eigenvalue weighted by Crippen LogP contribution is 2.36. The van der Waals surface area contributed by atoms with Crippen molar-refractivity contribution in [1.82, 2.24) is 0 Å². The van der Waals surface area contributed by atoms with E-state index in [0.29, 0.717) is 25.7 Å². The molecule has 2 aliphatic carbocycles. The quantitative estimate of drug-likeness (QED) is 0.277. The molecule has 0 bridgehead atoms. The van der Waals surface area contributed by atoms with Crippen LogP contribution in [0.3, 0.4) is 0 Å². The standard InChI is InChI=1S/C23H31F3O6/c24-23(25,26)15-6-5-7-17(12-15)32-14-16(27)10-11-19-18(20(28)13-21(19)29)8-3-1-2-4-9-22(30)31/h1,3,6,10-12,16,18-21,27-29H,2,4-5,7-9,13-14H2,(H,30,31)/b3-1-,11-10+/t16-,18-,19-,20+,21-/m1/s1. The van der Waals surface area contributed by atoms with E-state index in [1.54, 1.807) is 6.08 Å². The molecule has 0 aromatic heterocycles. The molecule has 0 aliphatic heterocycles. The molecule has 0 aromatic rings. The minimum Gasteiger partial charge on any atom is -0.495 e. The highest BCUT2D eigenvalue weighted by Gasteiger charge is 2.39. The summed E-state index contributed by atoms with van der Waals surface area (Å²) >= 11 is 0. The maximum absolute atomic E-state index is 12.8. The van der Waals surface area contributed by atoms with E-state index < -0.39 is 41.9 Å². The summed E-state index contributed by atoms with van der Waals surface area (Å²) in [7, 11) is 0. The molecule has 0 aromatic carbocycles. The van der Waals surface area contributed by atoms with Crippen LogP contribution in [-0.2, 0) is 9.53 Å². The Morgan fingerprint density at radius 1 is 1.25 bits per heavy atom. The zero-order chi connectivity index (χ0) is 23.7. The normalized spacial score (nSPS) is 27.6. The summed E-state index contributed by atoms with van der Waals surface area (Å²) in [4.78, 5) is 10.5. The second-order valence-electron chi connectivity index (χ2n) is 8.17. The number of carboxylic acids is 1. The second kappa shape index (κ2) is 12.2. The van der Waals surface area contributed by atoms with Gasteiger partial charge in [0.15, 0.2) is 0 Å². The lowest BCUT2D eigenvalue weighted by atomic mass is 9.89. The van der Waals surface area contributed by atoms with Crippen molar-refractivity contribution < 1.29 is 43.1 Å². The van der Waals surface area contributed by atoms with Crippen LogP contribution >= 0.6 is 0 Å². The minimum atomic E-state index is -4.44. The van der Waals surface area contributed by atoms with E-state index in [-0.39, 0.29) is 37.5 Å². The van der Waals surface area contributed by atoms with Crippen molar-refractivity contribution in [3.8, 4) is 0 Å². The van der Waals surface area contributed by atoms with Gasteiger partial charge < -0.3 is 25.2 Å². The van der Waals surface area contributed by atoms with Gasteiger partial charge in [-0.3, -0.25) is 4.79 Å². The highest BCUT2D eigenvalue weighted by molar-refractivity contribution is 5.66. The van der Waals surface area contributed by atoms with Crippen LogP contribution < -0.4 is 0 Å². The van der Waals surface area contributed by atoms with Crippen LogP contribution in [0, 0.1) is 11.8 Å². The van der Waals surface area contributed by atoms with Gasteiger partial charge in [0, 0.05) is 25.2 Å². The van der Waals surface area contributed by atoms with E-state index in [4.69, 9.17) is 9.84 Å². The van der Waals surface area contributed by atoms with Gasteiger partial charge >= 0.3 is 12.1 Å². The molecule has 1 saturated carbocycles. The highest BCUT2D eigenvalue weighted by atomic mass is 19.4. The zero-order valence-corrected chi connectivity index (χ0v) is 17.7. The molecule has 0 spiro atoms. The van der Waals surface area contributed by atoms with Gasteiger partial charge in [-0.15, -0.1) is 0 Å². The monoisotopic (exact) mass is 460 g/mol. The lowest BCUT2D eigenvalue weighted by molar-refractivity contribution is -0.137. The summed E-state index contributed by atoms with van der Waals surface area (Å²) in [6.45, 7) is -0.215. The van der Waals surface area contributed by atoms with Gasteiger partial charge in [-0.1, -0.05) is 30.4 Å². The number of carboxylic acid groups (broad SMARTS) is 1. The number of rotatable bonds is 11. The molecule has 1 fully saturated rings. The number of halogens is 3. The Morgan fingerprint density at radius 2 is 2.00 bits per heavy atom. The molecule has 6 nitrogen and oxygen atoms in total. The van der Waals surface area contributed by atoms with Gasteiger partial charge in [0.2, 0.25) is 0 Å². The van der Waals surface area contributed by atoms with Crippen molar-refractivity contribution in [1.29, 1.82) is 0 Å². The Balaban J connectivity index is 1.85. The van der Waals surface area contributed by atoms with Crippen LogP contribution in [0.5, 0.6) is 0 Å². The zero-order valence-electron chi connectivity index (χ0n) is 17.7. The van der Waals surface area contributed by atoms with Crippen molar-refractivity contribution in [2.24, 2.45) is 11.8 Å². The number of alkyl halides is 3. The molecular formula is C23H31F3O6. The maximum atomic E-state index is 12.8. The van der Waals surface area contributed by atoms with Crippen molar-refractivity contribution in [3.63, 3.8) is 0 Å². The lowest BCUT2D eigenvalue weighted by Crippen LogP contribution is -2.21. The maximum Gasteiger partial charge on any atom is 0.416 e. The van der Waals surface area contributed by atoms with Crippen molar-refractivity contribution in [2.75, 3.05) is 6.61 Å². The van der Waals surface area contributed by atoms with E-state index in [0.717, 1.165) is 12.2 Å². The smallest absolute Gasteiger partial charge is 0.416 e. The first-order valence-corrected chi connectivity index (χ1v) is 10.8. The summed E-state index contributed by atoms with van der Waals surface area (Å²) < 4.78 is 43.7. The minimum absolute atomic E-state index is 0.0884. The third kappa shape index (κ3) is 8.44. The molecule has 180 valence electrons. The van der Waals surface area contributed by atoms with Gasteiger partial charge in [-0.2, -0.15) is 13.2 Å². The number of allylic oxidation sites excluding steroid dienone is 6. The molecule has 2 rings (SSSR count). The average molecular weight is 460 g/mol. The summed E-state index contributed by atoms with van der Waals surface area (Å²) in [5.74, 6) is -1.34. The Labute approximate surface area is 185 Å². The largest absolute Gasteiger partial charge is 0.495 e. The lowest BCUT2D eigenvalue weighted by Gasteiger charge is -2.20. The third-order valence-corrected chi connectivity index (χ3v) is 5.65. The summed E-state index contributed by atoms with van der Waals surface area (Å²) in [5, 5.41) is 39.3.